The first kappa shape index (κ1) is 17.5. The van der Waals surface area contributed by atoms with Crippen molar-refractivity contribution in [1.29, 1.82) is 0 Å². The molecule has 0 unspecified atom stereocenters. The molecule has 9 heteroatoms. The Bertz CT molecular complexity index is 906. The summed E-state index contributed by atoms with van der Waals surface area (Å²) in [5.74, 6) is 1.24. The lowest BCUT2D eigenvalue weighted by Gasteiger charge is -2.12. The van der Waals surface area contributed by atoms with Gasteiger partial charge in [0.1, 0.15) is 5.82 Å². The van der Waals surface area contributed by atoms with Gasteiger partial charge < -0.3 is 5.32 Å². The van der Waals surface area contributed by atoms with E-state index in [1.807, 2.05) is 24.4 Å². The highest BCUT2D eigenvalue weighted by molar-refractivity contribution is 8.00. The van der Waals surface area contributed by atoms with Gasteiger partial charge in [0.05, 0.1) is 15.1 Å². The summed E-state index contributed by atoms with van der Waals surface area (Å²) in [6, 6.07) is 7.86. The van der Waals surface area contributed by atoms with Gasteiger partial charge >= 0.3 is 0 Å². The van der Waals surface area contributed by atoms with Gasteiger partial charge in [-0.2, -0.15) is 0 Å². The summed E-state index contributed by atoms with van der Waals surface area (Å²) in [5.41, 5.74) is 0. The van der Waals surface area contributed by atoms with Crippen LogP contribution in [0.2, 0.25) is 5.02 Å². The minimum atomic E-state index is -0.328. The van der Waals surface area contributed by atoms with Crippen molar-refractivity contribution in [3.05, 3.63) is 40.9 Å². The molecule has 0 spiro atoms. The summed E-state index contributed by atoms with van der Waals surface area (Å²) in [7, 11) is 0. The van der Waals surface area contributed by atoms with Crippen LogP contribution >= 0.6 is 34.7 Å². The molecule has 0 saturated heterocycles. The van der Waals surface area contributed by atoms with Crippen molar-refractivity contribution in [2.24, 2.45) is 0 Å². The number of hydrogen-bond acceptors (Lipinski definition) is 6. The van der Waals surface area contributed by atoms with Crippen LogP contribution in [0.1, 0.15) is 25.8 Å². The SMILES string of the molecule is C[C@H](Sc1nnc(-c2cccs2)n1C1CC1)C(=O)Nc1ccc(Cl)cn1. The third-order valence-corrected chi connectivity index (χ3v) is 6.09. The highest BCUT2D eigenvalue weighted by atomic mass is 35.5. The third-order valence-electron chi connectivity index (χ3n) is 3.95. The molecule has 3 heterocycles. The Balaban J connectivity index is 1.50. The number of halogens is 1. The van der Waals surface area contributed by atoms with Crippen molar-refractivity contribution in [1.82, 2.24) is 19.7 Å². The maximum atomic E-state index is 12.5. The second-order valence-corrected chi connectivity index (χ2v) is 8.69. The van der Waals surface area contributed by atoms with E-state index in [4.69, 9.17) is 11.6 Å². The second-order valence-electron chi connectivity index (χ2n) is 6.00. The Morgan fingerprint density at radius 1 is 1.38 bits per heavy atom. The average Bonchev–Trinajstić information content (AvgIpc) is 3.16. The van der Waals surface area contributed by atoms with E-state index in [1.165, 1.54) is 18.0 Å². The summed E-state index contributed by atoms with van der Waals surface area (Å²) >= 11 is 8.88. The molecule has 3 aromatic heterocycles. The molecule has 0 radical (unpaired) electrons. The Morgan fingerprint density at radius 3 is 2.88 bits per heavy atom. The smallest absolute Gasteiger partial charge is 0.238 e. The Hall–Kier alpha value is -1.90. The number of carbonyl (C=O) groups is 1. The van der Waals surface area contributed by atoms with Gasteiger partial charge in [0, 0.05) is 12.2 Å². The summed E-state index contributed by atoms with van der Waals surface area (Å²) in [5, 5.41) is 14.5. The van der Waals surface area contributed by atoms with Crippen molar-refractivity contribution < 1.29 is 4.79 Å². The van der Waals surface area contributed by atoms with Crippen LogP contribution in [-0.2, 0) is 4.79 Å². The molecule has 1 N–H and O–H groups in total. The number of nitrogens with zero attached hydrogens (tertiary/aromatic N) is 4. The van der Waals surface area contributed by atoms with E-state index >= 15 is 0 Å². The van der Waals surface area contributed by atoms with Gasteiger partial charge in [-0.1, -0.05) is 29.4 Å². The van der Waals surface area contributed by atoms with E-state index in [-0.39, 0.29) is 11.2 Å². The molecule has 1 fully saturated rings. The number of aromatic nitrogens is 4. The molecule has 1 saturated carbocycles. The zero-order valence-electron chi connectivity index (χ0n) is 13.9. The molecule has 3 aromatic rings. The van der Waals surface area contributed by atoms with Crippen LogP contribution < -0.4 is 5.32 Å². The minimum absolute atomic E-state index is 0.132. The van der Waals surface area contributed by atoms with E-state index in [0.717, 1.165) is 28.7 Å². The molecule has 1 aliphatic rings. The molecular formula is C17H16ClN5OS2. The molecular weight excluding hydrogens is 390 g/mol. The predicted octanol–water partition coefficient (Wildman–Crippen LogP) is 4.51. The number of carbonyl (C=O) groups excluding carboxylic acids is 1. The van der Waals surface area contributed by atoms with Crippen LogP contribution in [0, 0.1) is 0 Å². The average molecular weight is 406 g/mol. The molecule has 1 amide bonds. The van der Waals surface area contributed by atoms with Gasteiger partial charge in [0.25, 0.3) is 0 Å². The fourth-order valence-corrected chi connectivity index (χ4v) is 4.22. The van der Waals surface area contributed by atoms with Crippen molar-refractivity contribution >= 4 is 46.4 Å². The lowest BCUT2D eigenvalue weighted by molar-refractivity contribution is -0.115. The van der Waals surface area contributed by atoms with Crippen LogP contribution in [0.5, 0.6) is 0 Å². The number of thioether (sulfide) groups is 1. The van der Waals surface area contributed by atoms with Crippen LogP contribution in [0.4, 0.5) is 5.82 Å². The first-order valence-corrected chi connectivity index (χ1v) is 10.3. The number of amides is 1. The normalized spacial score (nSPS) is 15.0. The largest absolute Gasteiger partial charge is 0.310 e. The molecule has 0 bridgehead atoms. The third kappa shape index (κ3) is 3.77. The number of rotatable bonds is 6. The first-order valence-electron chi connectivity index (χ1n) is 8.19. The standard InChI is InChI=1S/C17H16ClN5OS2/c1-10(16(24)20-14-7-4-11(18)9-19-14)26-17-22-21-15(13-3-2-8-25-13)23(17)12-5-6-12/h2-4,7-10,12H,5-6H2,1H3,(H,19,20,24)/t10-/m0/s1. The molecule has 26 heavy (non-hydrogen) atoms. The van der Waals surface area contributed by atoms with Crippen LogP contribution in [0.15, 0.2) is 41.0 Å². The van der Waals surface area contributed by atoms with Gasteiger partial charge in [0.15, 0.2) is 11.0 Å². The predicted molar refractivity (Wildman–Crippen MR) is 105 cm³/mol. The molecule has 134 valence electrons. The monoisotopic (exact) mass is 405 g/mol. The summed E-state index contributed by atoms with van der Waals surface area (Å²) in [4.78, 5) is 17.7. The lowest BCUT2D eigenvalue weighted by atomic mass is 10.4. The Kier molecular flexibility index (Phi) is 4.97. The lowest BCUT2D eigenvalue weighted by Crippen LogP contribution is -2.23. The summed E-state index contributed by atoms with van der Waals surface area (Å²) in [6.45, 7) is 1.85. The number of anilines is 1. The molecule has 4 rings (SSSR count). The maximum absolute atomic E-state index is 12.5. The number of nitrogens with one attached hydrogen (secondary N) is 1. The van der Waals surface area contributed by atoms with E-state index in [9.17, 15) is 4.79 Å². The Labute approximate surface area is 164 Å². The number of pyridine rings is 1. The molecule has 1 atom stereocenters. The fraction of sp³-hybridized carbons (Fsp3) is 0.294. The van der Waals surface area contributed by atoms with Crippen molar-refractivity contribution in [2.45, 2.75) is 36.2 Å². The van der Waals surface area contributed by atoms with Crippen molar-refractivity contribution in [2.75, 3.05) is 5.32 Å². The van der Waals surface area contributed by atoms with Gasteiger partial charge in [-0.25, -0.2) is 4.98 Å². The zero-order chi connectivity index (χ0) is 18.1. The summed E-state index contributed by atoms with van der Waals surface area (Å²) in [6.07, 6.45) is 3.75. The minimum Gasteiger partial charge on any atom is -0.310 e. The van der Waals surface area contributed by atoms with Crippen LogP contribution in [0.25, 0.3) is 10.7 Å². The zero-order valence-corrected chi connectivity index (χ0v) is 16.3. The highest BCUT2D eigenvalue weighted by Crippen LogP contribution is 2.42. The molecule has 0 aromatic carbocycles. The van der Waals surface area contributed by atoms with E-state index in [2.05, 4.69) is 25.1 Å². The Morgan fingerprint density at radius 2 is 2.23 bits per heavy atom. The van der Waals surface area contributed by atoms with E-state index < -0.39 is 0 Å². The second kappa shape index (κ2) is 7.38. The van der Waals surface area contributed by atoms with Gasteiger partial charge in [-0.3, -0.25) is 9.36 Å². The first-order chi connectivity index (χ1) is 12.6. The molecule has 1 aliphatic carbocycles. The quantitative estimate of drug-likeness (QED) is 0.611. The van der Waals surface area contributed by atoms with E-state index in [1.54, 1.807) is 23.5 Å². The van der Waals surface area contributed by atoms with Gasteiger partial charge in [-0.15, -0.1) is 21.5 Å². The van der Waals surface area contributed by atoms with Crippen LogP contribution in [-0.4, -0.2) is 30.9 Å². The van der Waals surface area contributed by atoms with Crippen molar-refractivity contribution in [3.8, 4) is 10.7 Å². The summed E-state index contributed by atoms with van der Waals surface area (Å²) < 4.78 is 2.17. The van der Waals surface area contributed by atoms with Gasteiger partial charge in [0.2, 0.25) is 5.91 Å². The topological polar surface area (TPSA) is 72.7 Å². The van der Waals surface area contributed by atoms with Crippen molar-refractivity contribution in [3.63, 3.8) is 0 Å². The number of hydrogen-bond donors (Lipinski definition) is 1. The van der Waals surface area contributed by atoms with Gasteiger partial charge in [-0.05, 0) is 43.3 Å². The molecule has 0 aliphatic heterocycles. The van der Waals surface area contributed by atoms with Crippen LogP contribution in [0.3, 0.4) is 0 Å². The van der Waals surface area contributed by atoms with E-state index in [0.29, 0.717) is 16.9 Å². The highest BCUT2D eigenvalue weighted by Gasteiger charge is 2.31. The maximum Gasteiger partial charge on any atom is 0.238 e. The molecule has 6 nitrogen and oxygen atoms in total. The fourth-order valence-electron chi connectivity index (χ4n) is 2.48. The number of thiophene rings is 1.